The Hall–Kier alpha value is -2.77. The highest BCUT2D eigenvalue weighted by Crippen LogP contribution is 2.34. The molecule has 1 heterocycles. The van der Waals surface area contributed by atoms with Gasteiger partial charge in [0.05, 0.1) is 6.54 Å². The third-order valence-electron chi connectivity index (χ3n) is 3.47. The van der Waals surface area contributed by atoms with Gasteiger partial charge in [-0.25, -0.2) is 9.98 Å². The van der Waals surface area contributed by atoms with Crippen LogP contribution in [0.3, 0.4) is 0 Å². The van der Waals surface area contributed by atoms with Crippen LogP contribution in [0.1, 0.15) is 16.7 Å². The van der Waals surface area contributed by atoms with E-state index in [0.717, 1.165) is 22.9 Å². The van der Waals surface area contributed by atoms with E-state index in [-0.39, 0.29) is 19.1 Å². The van der Waals surface area contributed by atoms with Gasteiger partial charge in [-0.15, -0.1) is 0 Å². The van der Waals surface area contributed by atoms with Crippen molar-refractivity contribution in [1.29, 1.82) is 0 Å². The normalized spacial score (nSPS) is 12.1. The maximum absolute atomic E-state index is 12.8. The van der Waals surface area contributed by atoms with E-state index in [9.17, 15) is 13.2 Å². The van der Waals surface area contributed by atoms with Crippen molar-refractivity contribution in [3.05, 3.63) is 53.2 Å². The van der Waals surface area contributed by atoms with Crippen LogP contribution in [0.5, 0.6) is 5.88 Å². The summed E-state index contributed by atoms with van der Waals surface area (Å²) in [6.07, 6.45) is -3.28. The average Bonchev–Trinajstić information content (AvgIpc) is 2.54. The Morgan fingerprint density at radius 3 is 2.68 bits per heavy atom. The molecule has 8 heteroatoms. The lowest BCUT2D eigenvalue weighted by molar-refractivity contribution is -0.139. The summed E-state index contributed by atoms with van der Waals surface area (Å²) in [4.78, 5) is 7.64. The molecule has 3 N–H and O–H groups in total. The average molecular weight is 352 g/mol. The number of ether oxygens (including phenoxy) is 1. The Morgan fingerprint density at radius 1 is 1.24 bits per heavy atom. The molecule has 1 aromatic carbocycles. The molecule has 0 fully saturated rings. The first-order valence-electron chi connectivity index (χ1n) is 7.56. The third-order valence-corrected chi connectivity index (χ3v) is 3.47. The lowest BCUT2D eigenvalue weighted by Gasteiger charge is -2.12. The molecule has 0 unspecified atom stereocenters. The number of halogens is 3. The van der Waals surface area contributed by atoms with Gasteiger partial charge in [-0.1, -0.05) is 6.07 Å². The minimum atomic E-state index is -4.52. The number of hydrogen-bond donors (Lipinski definition) is 2. The van der Waals surface area contributed by atoms with E-state index in [1.807, 2.05) is 32.0 Å². The molecule has 0 saturated carbocycles. The van der Waals surface area contributed by atoms with Crippen LogP contribution in [0.25, 0.3) is 0 Å². The molecule has 0 aliphatic rings. The van der Waals surface area contributed by atoms with Crippen molar-refractivity contribution in [2.45, 2.75) is 20.0 Å². The van der Waals surface area contributed by atoms with Crippen LogP contribution in [0.2, 0.25) is 0 Å². The highest BCUT2D eigenvalue weighted by molar-refractivity contribution is 5.92. The number of alkyl halides is 3. The summed E-state index contributed by atoms with van der Waals surface area (Å²) in [5.74, 6) is -0.310. The summed E-state index contributed by atoms with van der Waals surface area (Å²) in [5.41, 5.74) is 7.90. The Labute approximate surface area is 143 Å². The van der Waals surface area contributed by atoms with Crippen LogP contribution < -0.4 is 15.8 Å². The first kappa shape index (κ1) is 18.6. The Kier molecular flexibility index (Phi) is 5.84. The van der Waals surface area contributed by atoms with E-state index in [0.29, 0.717) is 0 Å². The zero-order valence-corrected chi connectivity index (χ0v) is 13.9. The van der Waals surface area contributed by atoms with Crippen molar-refractivity contribution in [3.8, 4) is 5.88 Å². The van der Waals surface area contributed by atoms with Crippen molar-refractivity contribution >= 4 is 11.6 Å². The minimum Gasteiger partial charge on any atom is -0.475 e. The number of rotatable bonds is 5. The largest absolute Gasteiger partial charge is 0.475 e. The number of nitrogens with two attached hydrogens (primary N) is 1. The predicted octanol–water partition coefficient (Wildman–Crippen LogP) is 3.52. The molecule has 134 valence electrons. The molecule has 5 nitrogen and oxygen atoms in total. The lowest BCUT2D eigenvalue weighted by Crippen LogP contribution is -2.23. The molecule has 2 rings (SSSR count). The molecule has 0 bridgehead atoms. The second-order valence-corrected chi connectivity index (χ2v) is 5.39. The maximum atomic E-state index is 12.8. The highest BCUT2D eigenvalue weighted by Gasteiger charge is 2.34. The smallest absolute Gasteiger partial charge is 0.421 e. The van der Waals surface area contributed by atoms with Crippen LogP contribution in [-0.2, 0) is 6.18 Å². The Morgan fingerprint density at radius 2 is 2.00 bits per heavy atom. The second-order valence-electron chi connectivity index (χ2n) is 5.39. The van der Waals surface area contributed by atoms with Gasteiger partial charge in [-0.3, -0.25) is 0 Å². The number of pyridine rings is 1. The molecule has 0 atom stereocenters. The van der Waals surface area contributed by atoms with Crippen LogP contribution in [0.4, 0.5) is 18.9 Å². The molecule has 0 saturated heterocycles. The summed E-state index contributed by atoms with van der Waals surface area (Å²) >= 11 is 0. The van der Waals surface area contributed by atoms with E-state index in [4.69, 9.17) is 10.5 Å². The summed E-state index contributed by atoms with van der Waals surface area (Å²) in [6.45, 7) is 4.00. The second kappa shape index (κ2) is 7.87. The van der Waals surface area contributed by atoms with Gasteiger partial charge in [0.1, 0.15) is 12.2 Å². The highest BCUT2D eigenvalue weighted by atomic mass is 19.4. The number of guanidine groups is 1. The van der Waals surface area contributed by atoms with Crippen LogP contribution >= 0.6 is 0 Å². The van der Waals surface area contributed by atoms with Crippen LogP contribution in [0.15, 0.2) is 41.5 Å². The molecule has 0 aliphatic carbocycles. The maximum Gasteiger partial charge on any atom is 0.421 e. The molecule has 2 aromatic rings. The van der Waals surface area contributed by atoms with Gasteiger partial charge in [-0.2, -0.15) is 13.2 Å². The third kappa shape index (κ3) is 5.37. The number of hydrogen-bond acceptors (Lipinski definition) is 3. The number of aromatic nitrogens is 1. The number of nitrogens with zero attached hydrogens (tertiary/aromatic N) is 2. The van der Waals surface area contributed by atoms with Gasteiger partial charge in [0, 0.05) is 11.9 Å². The first-order valence-corrected chi connectivity index (χ1v) is 7.56. The van der Waals surface area contributed by atoms with E-state index in [1.54, 1.807) is 0 Å². The van der Waals surface area contributed by atoms with Crippen molar-refractivity contribution in [1.82, 2.24) is 4.98 Å². The fourth-order valence-electron chi connectivity index (χ4n) is 2.04. The van der Waals surface area contributed by atoms with Gasteiger partial charge in [0.2, 0.25) is 5.88 Å². The van der Waals surface area contributed by atoms with Crippen LogP contribution in [-0.4, -0.2) is 24.1 Å². The zero-order chi connectivity index (χ0) is 18.4. The topological polar surface area (TPSA) is 72.5 Å². The van der Waals surface area contributed by atoms with Crippen molar-refractivity contribution in [2.75, 3.05) is 18.5 Å². The summed E-state index contributed by atoms with van der Waals surface area (Å²) in [5, 5.41) is 2.92. The number of aryl methyl sites for hydroxylation is 2. The van der Waals surface area contributed by atoms with Gasteiger partial charge in [0.15, 0.2) is 5.96 Å². The molecule has 25 heavy (non-hydrogen) atoms. The SMILES string of the molecule is Cc1ccc(NC(N)=NCCOc2ncccc2C(F)(F)F)cc1C. The molecular weight excluding hydrogens is 333 g/mol. The van der Waals surface area contributed by atoms with Gasteiger partial charge in [-0.05, 0) is 49.2 Å². The standard InChI is InChI=1S/C17H19F3N4O/c1-11-5-6-13(10-12(11)2)24-16(21)23-8-9-25-15-14(17(18,19)20)4-3-7-22-15/h3-7,10H,8-9H2,1-2H3,(H3,21,23,24). The number of benzene rings is 1. The van der Waals surface area contributed by atoms with Crippen LogP contribution in [0, 0.1) is 13.8 Å². The zero-order valence-electron chi connectivity index (χ0n) is 13.9. The molecule has 1 aromatic heterocycles. The molecule has 0 radical (unpaired) electrons. The monoisotopic (exact) mass is 352 g/mol. The van der Waals surface area contributed by atoms with Crippen molar-refractivity contribution in [3.63, 3.8) is 0 Å². The van der Waals surface area contributed by atoms with Gasteiger partial charge >= 0.3 is 6.18 Å². The van der Waals surface area contributed by atoms with Gasteiger partial charge in [0.25, 0.3) is 0 Å². The number of nitrogens with one attached hydrogen (secondary N) is 1. The van der Waals surface area contributed by atoms with E-state index in [2.05, 4.69) is 15.3 Å². The summed E-state index contributed by atoms with van der Waals surface area (Å²) in [6, 6.07) is 7.87. The molecule has 0 amide bonds. The van der Waals surface area contributed by atoms with Crippen molar-refractivity contribution < 1.29 is 17.9 Å². The number of aliphatic imine (C=N–C) groups is 1. The minimum absolute atomic E-state index is 0.0740. The first-order chi connectivity index (χ1) is 11.8. The quantitative estimate of drug-likeness (QED) is 0.491. The van der Waals surface area contributed by atoms with E-state index >= 15 is 0 Å². The molecule has 0 spiro atoms. The summed E-state index contributed by atoms with van der Waals surface area (Å²) < 4.78 is 43.5. The van der Waals surface area contributed by atoms with Gasteiger partial charge < -0.3 is 15.8 Å². The predicted molar refractivity (Wildman–Crippen MR) is 90.8 cm³/mol. The molecule has 0 aliphatic heterocycles. The lowest BCUT2D eigenvalue weighted by atomic mass is 10.1. The Balaban J connectivity index is 1.90. The fraction of sp³-hybridized carbons (Fsp3) is 0.294. The summed E-state index contributed by atoms with van der Waals surface area (Å²) in [7, 11) is 0. The molecular formula is C17H19F3N4O. The Bertz CT molecular complexity index is 760. The van der Waals surface area contributed by atoms with Crippen molar-refractivity contribution in [2.24, 2.45) is 10.7 Å². The number of anilines is 1. The van der Waals surface area contributed by atoms with E-state index in [1.165, 1.54) is 12.3 Å². The fourth-order valence-corrected chi connectivity index (χ4v) is 2.04. The van der Waals surface area contributed by atoms with E-state index < -0.39 is 17.6 Å².